The Morgan fingerprint density at radius 3 is 3.14 bits per heavy atom. The summed E-state index contributed by atoms with van der Waals surface area (Å²) in [6, 6.07) is 7.93. The summed E-state index contributed by atoms with van der Waals surface area (Å²) in [5, 5.41) is 2.62. The maximum atomic E-state index is 10.1. The summed E-state index contributed by atoms with van der Waals surface area (Å²) in [5.41, 5.74) is 2.08. The monoisotopic (exact) mass is 189 g/mol. The number of fused-ring (bicyclic) bond motifs is 1. The van der Waals surface area contributed by atoms with Crippen molar-refractivity contribution in [3.63, 3.8) is 0 Å². The number of nitrogens with one attached hydrogen (secondary N) is 1. The molecule has 2 rings (SSSR count). The molecule has 1 heterocycles. The first-order valence-electron chi connectivity index (χ1n) is 4.49. The van der Waals surface area contributed by atoms with Gasteiger partial charge in [-0.3, -0.25) is 4.79 Å². The fourth-order valence-electron chi connectivity index (χ4n) is 1.43. The van der Waals surface area contributed by atoms with Gasteiger partial charge in [-0.2, -0.15) is 0 Å². The van der Waals surface area contributed by atoms with Crippen LogP contribution in [0.4, 0.5) is 0 Å². The third-order valence-electron chi connectivity index (χ3n) is 2.11. The molecule has 0 bridgehead atoms. The molecule has 1 aromatic carbocycles. The van der Waals surface area contributed by atoms with E-state index >= 15 is 0 Å². The van der Waals surface area contributed by atoms with Crippen LogP contribution in [0, 0.1) is 0 Å². The van der Waals surface area contributed by atoms with Crippen LogP contribution in [0.2, 0.25) is 0 Å². The van der Waals surface area contributed by atoms with Crippen molar-refractivity contribution in [2.45, 2.75) is 6.54 Å². The number of carbonyl (C=O) groups is 1. The highest BCUT2D eigenvalue weighted by Crippen LogP contribution is 2.10. The van der Waals surface area contributed by atoms with Gasteiger partial charge in [0, 0.05) is 13.1 Å². The summed E-state index contributed by atoms with van der Waals surface area (Å²) in [6.07, 6.45) is 2.50. The van der Waals surface area contributed by atoms with Crippen LogP contribution in [0.3, 0.4) is 0 Å². The third kappa shape index (κ3) is 1.59. The zero-order valence-electron chi connectivity index (χ0n) is 7.68. The Morgan fingerprint density at radius 2 is 2.29 bits per heavy atom. The highest BCUT2D eigenvalue weighted by Gasteiger charge is 1.99. The van der Waals surface area contributed by atoms with E-state index in [1.165, 1.54) is 0 Å². The Hall–Kier alpha value is -1.84. The molecule has 4 heteroatoms. The van der Waals surface area contributed by atoms with E-state index in [0.717, 1.165) is 17.6 Å². The number of benzene rings is 1. The number of imidazole rings is 1. The van der Waals surface area contributed by atoms with Crippen molar-refractivity contribution in [3.8, 4) is 0 Å². The van der Waals surface area contributed by atoms with E-state index in [4.69, 9.17) is 0 Å². The molecule has 0 saturated heterocycles. The summed E-state index contributed by atoms with van der Waals surface area (Å²) >= 11 is 0. The van der Waals surface area contributed by atoms with Crippen molar-refractivity contribution in [2.24, 2.45) is 0 Å². The first kappa shape index (κ1) is 8.74. The molecule has 72 valence electrons. The summed E-state index contributed by atoms with van der Waals surface area (Å²) in [5.74, 6) is 0. The van der Waals surface area contributed by atoms with Gasteiger partial charge in [0.15, 0.2) is 0 Å². The van der Waals surface area contributed by atoms with Crippen LogP contribution in [-0.2, 0) is 11.3 Å². The average molecular weight is 189 g/mol. The van der Waals surface area contributed by atoms with E-state index < -0.39 is 0 Å². The fraction of sp³-hybridized carbons (Fsp3) is 0.200. The maximum absolute atomic E-state index is 10.1. The number of amides is 1. The Labute approximate surface area is 81.6 Å². The summed E-state index contributed by atoms with van der Waals surface area (Å²) in [7, 11) is 0. The van der Waals surface area contributed by atoms with Crippen molar-refractivity contribution < 1.29 is 4.79 Å². The number of hydrogen-bond donors (Lipinski definition) is 1. The van der Waals surface area contributed by atoms with Crippen LogP contribution in [-0.4, -0.2) is 22.5 Å². The van der Waals surface area contributed by atoms with Crippen molar-refractivity contribution in [2.75, 3.05) is 6.54 Å². The molecule has 1 amide bonds. The Kier molecular flexibility index (Phi) is 2.44. The van der Waals surface area contributed by atoms with Gasteiger partial charge in [-0.15, -0.1) is 0 Å². The summed E-state index contributed by atoms with van der Waals surface area (Å²) in [4.78, 5) is 14.3. The molecule has 0 spiro atoms. The van der Waals surface area contributed by atoms with E-state index in [1.807, 2.05) is 28.8 Å². The molecule has 0 aliphatic rings. The van der Waals surface area contributed by atoms with E-state index in [-0.39, 0.29) is 0 Å². The van der Waals surface area contributed by atoms with Crippen LogP contribution >= 0.6 is 0 Å². The lowest BCUT2D eigenvalue weighted by atomic mass is 10.3. The highest BCUT2D eigenvalue weighted by molar-refractivity contribution is 5.74. The number of aromatic nitrogens is 2. The maximum Gasteiger partial charge on any atom is 0.207 e. The van der Waals surface area contributed by atoms with Gasteiger partial charge in [0.25, 0.3) is 0 Å². The van der Waals surface area contributed by atoms with E-state index in [1.54, 1.807) is 6.33 Å². The van der Waals surface area contributed by atoms with Crippen LogP contribution in [0.5, 0.6) is 0 Å². The SMILES string of the molecule is O=CNCCn1cnc2ccccc21. The standard InChI is InChI=1S/C10H11N3O/c14-8-11-5-6-13-7-12-9-3-1-2-4-10(9)13/h1-4,7-8H,5-6H2,(H,11,14). The van der Waals surface area contributed by atoms with Crippen LogP contribution in [0.15, 0.2) is 30.6 Å². The molecule has 0 saturated carbocycles. The molecule has 1 aromatic heterocycles. The number of carbonyl (C=O) groups excluding carboxylic acids is 1. The second kappa shape index (κ2) is 3.91. The Balaban J connectivity index is 2.20. The molecule has 0 radical (unpaired) electrons. The predicted octanol–water partition coefficient (Wildman–Crippen LogP) is 0.782. The van der Waals surface area contributed by atoms with Crippen LogP contribution < -0.4 is 5.32 Å². The Morgan fingerprint density at radius 1 is 1.43 bits per heavy atom. The molecule has 14 heavy (non-hydrogen) atoms. The third-order valence-corrected chi connectivity index (χ3v) is 2.11. The first-order chi connectivity index (χ1) is 6.92. The fourth-order valence-corrected chi connectivity index (χ4v) is 1.43. The Bertz CT molecular complexity index is 436. The van der Waals surface area contributed by atoms with Crippen molar-refractivity contribution in [1.29, 1.82) is 0 Å². The lowest BCUT2D eigenvalue weighted by Gasteiger charge is -2.02. The number of para-hydroxylation sites is 2. The van der Waals surface area contributed by atoms with Gasteiger partial charge in [0.05, 0.1) is 17.4 Å². The minimum Gasteiger partial charge on any atom is -0.357 e. The molecule has 2 aromatic rings. The lowest BCUT2D eigenvalue weighted by molar-refractivity contribution is -0.109. The molecule has 0 aliphatic heterocycles. The predicted molar refractivity (Wildman–Crippen MR) is 53.8 cm³/mol. The van der Waals surface area contributed by atoms with E-state index in [2.05, 4.69) is 10.3 Å². The van der Waals surface area contributed by atoms with Crippen LogP contribution in [0.25, 0.3) is 11.0 Å². The number of nitrogens with zero attached hydrogens (tertiary/aromatic N) is 2. The van der Waals surface area contributed by atoms with Gasteiger partial charge >= 0.3 is 0 Å². The average Bonchev–Trinajstić information content (AvgIpc) is 2.63. The van der Waals surface area contributed by atoms with Gasteiger partial charge < -0.3 is 9.88 Å². The zero-order chi connectivity index (χ0) is 9.80. The van der Waals surface area contributed by atoms with Crippen molar-refractivity contribution >= 4 is 17.4 Å². The number of rotatable bonds is 4. The van der Waals surface area contributed by atoms with Gasteiger partial charge in [-0.1, -0.05) is 12.1 Å². The van der Waals surface area contributed by atoms with Gasteiger partial charge in [-0.05, 0) is 12.1 Å². The van der Waals surface area contributed by atoms with Gasteiger partial charge in [0.1, 0.15) is 0 Å². The highest BCUT2D eigenvalue weighted by atomic mass is 16.1. The van der Waals surface area contributed by atoms with Gasteiger partial charge in [-0.25, -0.2) is 4.98 Å². The largest absolute Gasteiger partial charge is 0.357 e. The number of hydrogen-bond acceptors (Lipinski definition) is 2. The van der Waals surface area contributed by atoms with E-state index in [0.29, 0.717) is 13.0 Å². The minimum absolute atomic E-state index is 0.629. The smallest absolute Gasteiger partial charge is 0.207 e. The molecule has 0 fully saturated rings. The summed E-state index contributed by atoms with van der Waals surface area (Å²) < 4.78 is 2.02. The van der Waals surface area contributed by atoms with Crippen LogP contribution in [0.1, 0.15) is 0 Å². The molecular formula is C10H11N3O. The normalized spacial score (nSPS) is 10.3. The molecule has 1 N–H and O–H groups in total. The molecule has 0 aliphatic carbocycles. The first-order valence-corrected chi connectivity index (χ1v) is 4.49. The van der Waals surface area contributed by atoms with Crippen molar-refractivity contribution in [3.05, 3.63) is 30.6 Å². The minimum atomic E-state index is 0.629. The van der Waals surface area contributed by atoms with Crippen molar-refractivity contribution in [1.82, 2.24) is 14.9 Å². The topological polar surface area (TPSA) is 46.9 Å². The summed E-state index contributed by atoms with van der Waals surface area (Å²) in [6.45, 7) is 1.38. The molecular weight excluding hydrogens is 178 g/mol. The second-order valence-corrected chi connectivity index (χ2v) is 3.00. The van der Waals surface area contributed by atoms with E-state index in [9.17, 15) is 4.79 Å². The zero-order valence-corrected chi connectivity index (χ0v) is 7.68. The molecule has 0 atom stereocenters. The lowest BCUT2D eigenvalue weighted by Crippen LogP contribution is -2.17. The molecule has 0 unspecified atom stereocenters. The quantitative estimate of drug-likeness (QED) is 0.570. The molecule has 4 nitrogen and oxygen atoms in total. The second-order valence-electron chi connectivity index (χ2n) is 3.00. The van der Waals surface area contributed by atoms with Gasteiger partial charge in [0.2, 0.25) is 6.41 Å².